The Morgan fingerprint density at radius 3 is 2.00 bits per heavy atom. The predicted molar refractivity (Wildman–Crippen MR) is 59.9 cm³/mol. The van der Waals surface area contributed by atoms with Crippen LogP contribution in [0.2, 0.25) is 0 Å². The second-order valence-electron chi connectivity index (χ2n) is 2.49. The summed E-state index contributed by atoms with van der Waals surface area (Å²) in [6, 6.07) is 0. The Labute approximate surface area is 142 Å². The average molecular weight is 290 g/mol. The number of esters is 1. The van der Waals surface area contributed by atoms with Crippen molar-refractivity contribution in [1.82, 2.24) is 0 Å². The fraction of sp³-hybridized carbons (Fsp3) is 0.667. The molecule has 0 aliphatic carbocycles. The first-order chi connectivity index (χ1) is 6.79. The van der Waals surface area contributed by atoms with Crippen LogP contribution in [0, 0.1) is 0 Å². The molecule has 1 atom stereocenters. The Morgan fingerprint density at radius 2 is 1.71 bits per heavy atom. The summed E-state index contributed by atoms with van der Waals surface area (Å²) in [6.07, 6.45) is -1.09. The standard InChI is InChI=1S/C6H10O8S.2Na.2H/c7-1-2-14-6(10)4(3-5(8)9)15(11,12)13;;;;/h4,7H,1-3H2,(H,8,9)(H,11,12,13);;;;. The Bertz CT molecular complexity index is 340. The molecule has 1 unspecified atom stereocenters. The van der Waals surface area contributed by atoms with E-state index in [-0.39, 0.29) is 59.1 Å². The van der Waals surface area contributed by atoms with Crippen molar-refractivity contribution in [3.63, 3.8) is 0 Å². The average Bonchev–Trinajstić information content (AvgIpc) is 2.08. The van der Waals surface area contributed by atoms with E-state index in [1.807, 2.05) is 0 Å². The van der Waals surface area contributed by atoms with Crippen LogP contribution in [0.15, 0.2) is 0 Å². The van der Waals surface area contributed by atoms with Gasteiger partial charge in [-0.05, 0) is 0 Å². The van der Waals surface area contributed by atoms with Gasteiger partial charge in [-0.3, -0.25) is 14.1 Å². The summed E-state index contributed by atoms with van der Waals surface area (Å²) < 4.78 is 33.9. The number of aliphatic hydroxyl groups excluding tert-OH is 1. The van der Waals surface area contributed by atoms with E-state index in [1.54, 1.807) is 0 Å². The molecule has 0 saturated carbocycles. The van der Waals surface area contributed by atoms with E-state index >= 15 is 0 Å². The van der Waals surface area contributed by atoms with Gasteiger partial charge in [0.1, 0.15) is 6.61 Å². The minimum atomic E-state index is -4.83. The van der Waals surface area contributed by atoms with Crippen molar-refractivity contribution >= 4 is 81.2 Å². The molecule has 0 fully saturated rings. The summed E-state index contributed by atoms with van der Waals surface area (Å²) in [5.74, 6) is -2.98. The number of carboxylic acid groups (broad SMARTS) is 1. The zero-order chi connectivity index (χ0) is 12.1. The maximum atomic E-state index is 10.9. The Hall–Kier alpha value is 0.810. The van der Waals surface area contributed by atoms with Gasteiger partial charge in [-0.2, -0.15) is 8.42 Å². The van der Waals surface area contributed by atoms with E-state index in [2.05, 4.69) is 4.74 Å². The number of hydrogen-bond donors (Lipinski definition) is 3. The summed E-state index contributed by atoms with van der Waals surface area (Å²) in [7, 11) is -4.83. The monoisotopic (exact) mass is 290 g/mol. The van der Waals surface area contributed by atoms with Gasteiger partial charge < -0.3 is 14.9 Å². The molecule has 8 nitrogen and oxygen atoms in total. The van der Waals surface area contributed by atoms with Crippen molar-refractivity contribution in [2.75, 3.05) is 13.2 Å². The summed E-state index contributed by atoms with van der Waals surface area (Å²) in [4.78, 5) is 21.2. The van der Waals surface area contributed by atoms with Gasteiger partial charge in [0.05, 0.1) is 13.0 Å². The van der Waals surface area contributed by atoms with Crippen LogP contribution in [0.25, 0.3) is 0 Å². The summed E-state index contributed by atoms with van der Waals surface area (Å²) in [5, 5.41) is 14.4. The second-order valence-corrected chi connectivity index (χ2v) is 4.09. The van der Waals surface area contributed by atoms with Gasteiger partial charge in [-0.25, -0.2) is 0 Å². The summed E-state index contributed by atoms with van der Waals surface area (Å²) in [5.41, 5.74) is 0. The number of rotatable bonds is 6. The molecule has 0 radical (unpaired) electrons. The second kappa shape index (κ2) is 10.7. The fourth-order valence-electron chi connectivity index (χ4n) is 0.708. The van der Waals surface area contributed by atoms with Crippen LogP contribution in [0.4, 0.5) is 0 Å². The first-order valence-corrected chi connectivity index (χ1v) is 5.25. The molecule has 3 N–H and O–H groups in total. The molecular weight excluding hydrogens is 278 g/mol. The van der Waals surface area contributed by atoms with Gasteiger partial charge >= 0.3 is 71.1 Å². The van der Waals surface area contributed by atoms with Crippen molar-refractivity contribution < 1.29 is 37.5 Å². The third kappa shape index (κ3) is 10.4. The molecule has 0 aromatic heterocycles. The molecule has 0 aromatic rings. The van der Waals surface area contributed by atoms with E-state index < -0.39 is 46.9 Å². The number of carboxylic acids is 1. The third-order valence-corrected chi connectivity index (χ3v) is 2.40. The van der Waals surface area contributed by atoms with E-state index in [0.29, 0.717) is 0 Å². The van der Waals surface area contributed by atoms with Crippen molar-refractivity contribution in [1.29, 1.82) is 0 Å². The topological polar surface area (TPSA) is 138 Å². The van der Waals surface area contributed by atoms with Crippen LogP contribution < -0.4 is 0 Å². The fourth-order valence-corrected chi connectivity index (χ4v) is 1.37. The van der Waals surface area contributed by atoms with Gasteiger partial charge in [0.15, 0.2) is 5.25 Å². The van der Waals surface area contributed by atoms with Crippen LogP contribution in [-0.2, 0) is 24.4 Å². The number of carbonyl (C=O) groups excluding carboxylic acids is 1. The van der Waals surface area contributed by atoms with Gasteiger partial charge in [-0.1, -0.05) is 0 Å². The normalized spacial score (nSPS) is 11.6. The summed E-state index contributed by atoms with van der Waals surface area (Å²) in [6.45, 7) is -0.999. The Morgan fingerprint density at radius 1 is 1.24 bits per heavy atom. The van der Waals surface area contributed by atoms with Crippen LogP contribution in [0.1, 0.15) is 6.42 Å². The molecule has 0 spiro atoms. The van der Waals surface area contributed by atoms with Gasteiger partial charge in [0, 0.05) is 0 Å². The minimum absolute atomic E-state index is 0. The number of aliphatic hydroxyl groups is 1. The van der Waals surface area contributed by atoms with E-state index in [0.717, 1.165) is 0 Å². The van der Waals surface area contributed by atoms with Crippen molar-refractivity contribution in [2.45, 2.75) is 11.7 Å². The summed E-state index contributed by atoms with van der Waals surface area (Å²) >= 11 is 0. The molecule has 0 rings (SSSR count). The van der Waals surface area contributed by atoms with Crippen LogP contribution in [0.5, 0.6) is 0 Å². The van der Waals surface area contributed by atoms with Crippen LogP contribution in [0.3, 0.4) is 0 Å². The third-order valence-electron chi connectivity index (χ3n) is 1.32. The molecule has 92 valence electrons. The van der Waals surface area contributed by atoms with Crippen molar-refractivity contribution in [3.05, 3.63) is 0 Å². The number of ether oxygens (including phenoxy) is 1. The molecule has 0 saturated heterocycles. The Kier molecular flexibility index (Phi) is 14.5. The molecule has 0 aliphatic heterocycles. The Balaban J connectivity index is -0.000000980. The first-order valence-electron chi connectivity index (χ1n) is 3.74. The molecule has 0 bridgehead atoms. The predicted octanol–water partition coefficient (Wildman–Crippen LogP) is -3.04. The number of aliphatic carboxylic acids is 1. The van der Waals surface area contributed by atoms with Gasteiger partial charge in [0.25, 0.3) is 10.1 Å². The molecule has 17 heavy (non-hydrogen) atoms. The first kappa shape index (κ1) is 22.9. The van der Waals surface area contributed by atoms with E-state index in [1.165, 1.54) is 0 Å². The quantitative estimate of drug-likeness (QED) is 0.266. The van der Waals surface area contributed by atoms with Crippen LogP contribution in [-0.4, -0.2) is 113 Å². The van der Waals surface area contributed by atoms with E-state index in [9.17, 15) is 18.0 Å². The van der Waals surface area contributed by atoms with Gasteiger partial charge in [-0.15, -0.1) is 0 Å². The van der Waals surface area contributed by atoms with Crippen molar-refractivity contribution in [2.24, 2.45) is 0 Å². The molecule has 11 heteroatoms. The SMILES string of the molecule is O=C(O)CC(C(=O)OCCO)S(=O)(=O)O.[NaH].[NaH]. The maximum absolute atomic E-state index is 10.9. The molecule has 0 amide bonds. The molecule has 0 aromatic carbocycles. The zero-order valence-corrected chi connectivity index (χ0v) is 8.31. The number of carbonyl (C=O) groups is 2. The molecular formula is C6H12Na2O8S. The zero-order valence-electron chi connectivity index (χ0n) is 7.49. The molecule has 0 aliphatic rings. The van der Waals surface area contributed by atoms with Crippen LogP contribution >= 0.6 is 0 Å². The number of hydrogen-bond acceptors (Lipinski definition) is 6. The van der Waals surface area contributed by atoms with E-state index in [4.69, 9.17) is 14.8 Å². The van der Waals surface area contributed by atoms with Crippen molar-refractivity contribution in [3.8, 4) is 0 Å². The molecule has 0 heterocycles. The van der Waals surface area contributed by atoms with Gasteiger partial charge in [0.2, 0.25) is 0 Å².